The molecule has 2 aromatic rings. The fraction of sp³-hybridized carbons (Fsp3) is 0.300. The van der Waals surface area contributed by atoms with Gasteiger partial charge in [-0.3, -0.25) is 15.5 Å². The van der Waals surface area contributed by atoms with E-state index in [2.05, 4.69) is 25.7 Å². The summed E-state index contributed by atoms with van der Waals surface area (Å²) in [6.45, 7) is 2.40. The predicted octanol–water partition coefficient (Wildman–Crippen LogP) is 1.09. The van der Waals surface area contributed by atoms with E-state index >= 15 is 0 Å². The molecule has 0 unspecified atom stereocenters. The summed E-state index contributed by atoms with van der Waals surface area (Å²) in [6.07, 6.45) is 1.77. The van der Waals surface area contributed by atoms with Gasteiger partial charge in [0.1, 0.15) is 6.20 Å². The zero-order valence-electron chi connectivity index (χ0n) is 10.7. The Kier molecular flexibility index (Phi) is 4.38. The quantitative estimate of drug-likeness (QED) is 0.410. The van der Waals surface area contributed by atoms with Crippen molar-refractivity contribution < 1.29 is 4.92 Å². The topological polar surface area (TPSA) is 132 Å². The molecule has 10 heteroatoms. The van der Waals surface area contributed by atoms with Crippen LogP contribution in [0.1, 0.15) is 10.7 Å². The number of nitrogens with zero attached hydrogens (tertiary/aromatic N) is 4. The molecule has 2 aromatic heterocycles. The Labute approximate surface area is 118 Å². The number of nitrogens with one attached hydrogen (secondary N) is 2. The van der Waals surface area contributed by atoms with E-state index < -0.39 is 4.92 Å². The summed E-state index contributed by atoms with van der Waals surface area (Å²) in [5.74, 6) is 5.43. The van der Waals surface area contributed by atoms with Crippen molar-refractivity contribution in [3.8, 4) is 0 Å². The van der Waals surface area contributed by atoms with E-state index in [-0.39, 0.29) is 17.5 Å². The van der Waals surface area contributed by atoms with Crippen molar-refractivity contribution >= 4 is 28.8 Å². The molecule has 0 aliphatic carbocycles. The van der Waals surface area contributed by atoms with Gasteiger partial charge in [0, 0.05) is 24.0 Å². The van der Waals surface area contributed by atoms with E-state index in [9.17, 15) is 10.1 Å². The van der Waals surface area contributed by atoms with Crippen molar-refractivity contribution in [1.82, 2.24) is 15.0 Å². The summed E-state index contributed by atoms with van der Waals surface area (Å²) in [7, 11) is 0. The highest BCUT2D eigenvalue weighted by molar-refractivity contribution is 7.09. The monoisotopic (exact) mass is 295 g/mol. The first-order valence-electron chi connectivity index (χ1n) is 5.73. The van der Waals surface area contributed by atoms with Gasteiger partial charge >= 0.3 is 5.69 Å². The number of rotatable bonds is 6. The van der Waals surface area contributed by atoms with E-state index in [1.165, 1.54) is 0 Å². The van der Waals surface area contributed by atoms with Gasteiger partial charge in [0.25, 0.3) is 0 Å². The van der Waals surface area contributed by atoms with Crippen LogP contribution in [0.4, 0.5) is 17.5 Å². The number of thiazole rings is 1. The number of hydrogen-bond donors (Lipinski definition) is 3. The van der Waals surface area contributed by atoms with Gasteiger partial charge in [0.05, 0.1) is 9.93 Å². The molecule has 106 valence electrons. The fourth-order valence-electron chi connectivity index (χ4n) is 1.51. The van der Waals surface area contributed by atoms with Crippen LogP contribution in [0.15, 0.2) is 11.6 Å². The van der Waals surface area contributed by atoms with Crippen molar-refractivity contribution in [2.24, 2.45) is 5.84 Å². The zero-order chi connectivity index (χ0) is 14.5. The van der Waals surface area contributed by atoms with E-state index in [0.717, 1.165) is 16.9 Å². The first kappa shape index (κ1) is 14.1. The van der Waals surface area contributed by atoms with Gasteiger partial charge in [-0.1, -0.05) is 0 Å². The molecular weight excluding hydrogens is 282 g/mol. The van der Waals surface area contributed by atoms with Crippen LogP contribution in [0, 0.1) is 17.0 Å². The summed E-state index contributed by atoms with van der Waals surface area (Å²) < 4.78 is 0. The molecule has 0 aliphatic heterocycles. The van der Waals surface area contributed by atoms with Gasteiger partial charge in [-0.15, -0.1) is 11.3 Å². The van der Waals surface area contributed by atoms with Gasteiger partial charge in [-0.2, -0.15) is 4.98 Å². The molecule has 0 amide bonds. The van der Waals surface area contributed by atoms with Crippen LogP contribution in [-0.4, -0.2) is 26.4 Å². The maximum absolute atomic E-state index is 10.9. The number of aromatic nitrogens is 3. The van der Waals surface area contributed by atoms with E-state index in [1.54, 1.807) is 11.3 Å². The second-order valence-electron chi connectivity index (χ2n) is 3.89. The highest BCUT2D eigenvalue weighted by Crippen LogP contribution is 2.21. The lowest BCUT2D eigenvalue weighted by Gasteiger charge is -2.06. The average molecular weight is 295 g/mol. The third-order valence-corrected chi connectivity index (χ3v) is 3.42. The Morgan fingerprint density at radius 2 is 2.30 bits per heavy atom. The molecule has 0 aliphatic rings. The standard InChI is InChI=1S/C10H13N7O2S/c1-6-5-20-8(14-6)2-3-12-9-7(17(18)19)4-13-10(15-9)16-11/h4-5H,2-3,11H2,1H3,(H2,12,13,15,16). The number of aryl methyl sites for hydroxylation is 1. The Morgan fingerprint density at radius 3 is 2.90 bits per heavy atom. The van der Waals surface area contributed by atoms with Crippen LogP contribution in [0.3, 0.4) is 0 Å². The van der Waals surface area contributed by atoms with Gasteiger partial charge in [0.2, 0.25) is 11.8 Å². The maximum atomic E-state index is 10.9. The van der Waals surface area contributed by atoms with E-state index in [0.29, 0.717) is 13.0 Å². The lowest BCUT2D eigenvalue weighted by Crippen LogP contribution is -2.14. The van der Waals surface area contributed by atoms with Crippen LogP contribution in [0.2, 0.25) is 0 Å². The predicted molar refractivity (Wildman–Crippen MR) is 75.5 cm³/mol. The highest BCUT2D eigenvalue weighted by atomic mass is 32.1. The molecule has 9 nitrogen and oxygen atoms in total. The molecule has 0 aromatic carbocycles. The Balaban J connectivity index is 2.05. The Morgan fingerprint density at radius 1 is 1.50 bits per heavy atom. The van der Waals surface area contributed by atoms with Crippen LogP contribution >= 0.6 is 11.3 Å². The first-order chi connectivity index (χ1) is 9.60. The van der Waals surface area contributed by atoms with Crippen molar-refractivity contribution in [2.45, 2.75) is 13.3 Å². The molecular formula is C10H13N7O2S. The molecule has 0 spiro atoms. The van der Waals surface area contributed by atoms with Gasteiger partial charge in [0.15, 0.2) is 0 Å². The molecule has 0 atom stereocenters. The molecule has 0 fully saturated rings. The Bertz CT molecular complexity index is 615. The van der Waals surface area contributed by atoms with Crippen LogP contribution in [0.5, 0.6) is 0 Å². The number of hydrazine groups is 1. The smallest absolute Gasteiger partial charge is 0.329 e. The normalized spacial score (nSPS) is 10.3. The number of nitrogens with two attached hydrogens (primary N) is 1. The van der Waals surface area contributed by atoms with Crippen LogP contribution in [0.25, 0.3) is 0 Å². The maximum Gasteiger partial charge on any atom is 0.329 e. The largest absolute Gasteiger partial charge is 0.364 e. The third kappa shape index (κ3) is 3.36. The molecule has 2 rings (SSSR count). The number of hydrogen-bond acceptors (Lipinski definition) is 9. The lowest BCUT2D eigenvalue weighted by atomic mass is 10.4. The van der Waals surface area contributed by atoms with Gasteiger partial charge in [-0.25, -0.2) is 15.8 Å². The zero-order valence-corrected chi connectivity index (χ0v) is 11.5. The molecule has 0 saturated heterocycles. The number of nitro groups is 1. The van der Waals surface area contributed by atoms with E-state index in [1.807, 2.05) is 12.3 Å². The number of anilines is 2. The minimum absolute atomic E-state index is 0.114. The average Bonchev–Trinajstić information content (AvgIpc) is 2.84. The summed E-state index contributed by atoms with van der Waals surface area (Å²) in [6, 6.07) is 0. The van der Waals surface area contributed by atoms with Crippen molar-refractivity contribution in [3.05, 3.63) is 32.4 Å². The van der Waals surface area contributed by atoms with Crippen molar-refractivity contribution in [2.75, 3.05) is 17.3 Å². The summed E-state index contributed by atoms with van der Waals surface area (Å²) >= 11 is 1.55. The van der Waals surface area contributed by atoms with Gasteiger partial charge < -0.3 is 5.32 Å². The molecule has 0 bridgehead atoms. The van der Waals surface area contributed by atoms with Crippen molar-refractivity contribution in [1.29, 1.82) is 0 Å². The second-order valence-corrected chi connectivity index (χ2v) is 4.83. The molecule has 0 saturated carbocycles. The Hall–Kier alpha value is -2.33. The van der Waals surface area contributed by atoms with Gasteiger partial charge in [-0.05, 0) is 6.92 Å². The summed E-state index contributed by atoms with van der Waals surface area (Å²) in [5, 5.41) is 16.7. The number of nitrogen functional groups attached to an aromatic ring is 1. The minimum Gasteiger partial charge on any atom is -0.364 e. The van der Waals surface area contributed by atoms with E-state index in [4.69, 9.17) is 5.84 Å². The SMILES string of the molecule is Cc1csc(CCNc2nc(NN)ncc2[N+](=O)[O-])n1. The lowest BCUT2D eigenvalue weighted by molar-refractivity contribution is -0.384. The summed E-state index contributed by atoms with van der Waals surface area (Å²) in [5.41, 5.74) is 3.02. The summed E-state index contributed by atoms with van der Waals surface area (Å²) in [4.78, 5) is 22.3. The highest BCUT2D eigenvalue weighted by Gasteiger charge is 2.16. The van der Waals surface area contributed by atoms with Crippen molar-refractivity contribution in [3.63, 3.8) is 0 Å². The third-order valence-electron chi connectivity index (χ3n) is 2.39. The second kappa shape index (κ2) is 6.21. The minimum atomic E-state index is -0.545. The molecule has 0 radical (unpaired) electrons. The molecule has 2 heterocycles. The van der Waals surface area contributed by atoms with Crippen LogP contribution < -0.4 is 16.6 Å². The molecule has 20 heavy (non-hydrogen) atoms. The fourth-order valence-corrected chi connectivity index (χ4v) is 2.29. The first-order valence-corrected chi connectivity index (χ1v) is 6.61. The molecule has 4 N–H and O–H groups in total. The van der Waals surface area contributed by atoms with Crippen LogP contribution in [-0.2, 0) is 6.42 Å².